The van der Waals surface area contributed by atoms with Crippen molar-refractivity contribution in [3.05, 3.63) is 0 Å². The van der Waals surface area contributed by atoms with Crippen LogP contribution in [0.4, 0.5) is 4.79 Å². The molecular formula is C18H31N3O4. The molecule has 0 aromatic heterocycles. The van der Waals surface area contributed by atoms with E-state index in [0.29, 0.717) is 19.6 Å². The van der Waals surface area contributed by atoms with Gasteiger partial charge in [-0.15, -0.1) is 0 Å². The first-order valence-corrected chi connectivity index (χ1v) is 9.43. The zero-order valence-electron chi connectivity index (χ0n) is 15.4. The molecule has 0 aliphatic carbocycles. The molecule has 2 fully saturated rings. The maximum atomic E-state index is 12.9. The minimum absolute atomic E-state index is 0.00567. The monoisotopic (exact) mass is 353 g/mol. The second kappa shape index (κ2) is 9.06. The number of nitrogens with zero attached hydrogens (tertiary/aromatic N) is 3. The molecule has 0 spiro atoms. The Hall–Kier alpha value is -1.79. The lowest BCUT2D eigenvalue weighted by molar-refractivity contribution is -0.140. The van der Waals surface area contributed by atoms with Crippen LogP contribution in [0.1, 0.15) is 46.0 Å². The summed E-state index contributed by atoms with van der Waals surface area (Å²) in [5, 5.41) is 8.93. The highest BCUT2D eigenvalue weighted by molar-refractivity contribution is 5.81. The number of carboxylic acids is 1. The Morgan fingerprint density at radius 3 is 2.32 bits per heavy atom. The van der Waals surface area contributed by atoms with Gasteiger partial charge >= 0.3 is 12.0 Å². The van der Waals surface area contributed by atoms with Crippen molar-refractivity contribution in [1.29, 1.82) is 0 Å². The molecule has 2 heterocycles. The molecule has 142 valence electrons. The van der Waals surface area contributed by atoms with Gasteiger partial charge < -0.3 is 19.8 Å². The molecule has 1 atom stereocenters. The largest absolute Gasteiger partial charge is 0.481 e. The van der Waals surface area contributed by atoms with E-state index >= 15 is 0 Å². The van der Waals surface area contributed by atoms with Gasteiger partial charge in [-0.1, -0.05) is 13.8 Å². The van der Waals surface area contributed by atoms with Gasteiger partial charge in [0, 0.05) is 39.3 Å². The smallest absolute Gasteiger partial charge is 0.320 e. The van der Waals surface area contributed by atoms with E-state index in [4.69, 9.17) is 5.11 Å². The lowest BCUT2D eigenvalue weighted by atomic mass is 9.96. The van der Waals surface area contributed by atoms with Crippen molar-refractivity contribution in [2.24, 2.45) is 11.8 Å². The molecule has 0 saturated carbocycles. The van der Waals surface area contributed by atoms with Gasteiger partial charge in [0.15, 0.2) is 0 Å². The first-order chi connectivity index (χ1) is 11.9. The summed E-state index contributed by atoms with van der Waals surface area (Å²) in [5.41, 5.74) is 0. The van der Waals surface area contributed by atoms with Crippen molar-refractivity contribution >= 4 is 17.9 Å². The summed E-state index contributed by atoms with van der Waals surface area (Å²) in [6, 6.07) is 0.0518. The molecule has 7 nitrogen and oxygen atoms in total. The Kier molecular flexibility index (Phi) is 7.08. The predicted molar refractivity (Wildman–Crippen MR) is 94.2 cm³/mol. The minimum atomic E-state index is -0.893. The van der Waals surface area contributed by atoms with Crippen LogP contribution in [0.15, 0.2) is 0 Å². The van der Waals surface area contributed by atoms with Crippen LogP contribution in [0, 0.1) is 11.8 Å². The van der Waals surface area contributed by atoms with Crippen molar-refractivity contribution in [3.8, 4) is 0 Å². The first-order valence-electron chi connectivity index (χ1n) is 9.43. The summed E-state index contributed by atoms with van der Waals surface area (Å²) in [4.78, 5) is 41.7. The van der Waals surface area contributed by atoms with Gasteiger partial charge in [-0.05, 0) is 31.6 Å². The Balaban J connectivity index is 1.97. The van der Waals surface area contributed by atoms with E-state index in [0.717, 1.165) is 38.8 Å². The summed E-state index contributed by atoms with van der Waals surface area (Å²) in [7, 11) is 0. The molecule has 2 saturated heterocycles. The van der Waals surface area contributed by atoms with Crippen molar-refractivity contribution in [1.82, 2.24) is 14.7 Å². The third kappa shape index (κ3) is 5.61. The zero-order valence-corrected chi connectivity index (χ0v) is 15.4. The average molecular weight is 353 g/mol. The second-order valence-electron chi connectivity index (χ2n) is 7.58. The Labute approximate surface area is 149 Å². The van der Waals surface area contributed by atoms with E-state index in [-0.39, 0.29) is 36.7 Å². The Morgan fingerprint density at radius 1 is 1.08 bits per heavy atom. The fraction of sp³-hybridized carbons (Fsp3) is 0.833. The van der Waals surface area contributed by atoms with Crippen molar-refractivity contribution in [3.63, 3.8) is 0 Å². The average Bonchev–Trinajstić information content (AvgIpc) is 3.11. The van der Waals surface area contributed by atoms with E-state index in [2.05, 4.69) is 0 Å². The molecular weight excluding hydrogens is 322 g/mol. The Morgan fingerprint density at radius 2 is 1.72 bits per heavy atom. The lowest BCUT2D eigenvalue weighted by Crippen LogP contribution is -2.50. The number of hydrogen-bond donors (Lipinski definition) is 1. The van der Waals surface area contributed by atoms with E-state index < -0.39 is 5.97 Å². The topological polar surface area (TPSA) is 81.2 Å². The predicted octanol–water partition coefficient (Wildman–Crippen LogP) is 1.87. The van der Waals surface area contributed by atoms with Crippen LogP contribution in [0.5, 0.6) is 0 Å². The molecule has 3 amide bonds. The number of amides is 3. The SMILES string of the molecule is CC(C)CN(CCC(=O)O)C(=O)C1CCCN(C(=O)N2CCCC2)C1. The van der Waals surface area contributed by atoms with Gasteiger partial charge in [-0.2, -0.15) is 0 Å². The number of rotatable bonds is 6. The third-order valence-electron chi connectivity index (χ3n) is 4.91. The summed E-state index contributed by atoms with van der Waals surface area (Å²) in [6.07, 6.45) is 3.66. The number of aliphatic carboxylic acids is 1. The van der Waals surface area contributed by atoms with Crippen molar-refractivity contribution in [2.75, 3.05) is 39.3 Å². The number of carbonyl (C=O) groups excluding carboxylic acids is 2. The fourth-order valence-electron chi connectivity index (χ4n) is 3.68. The van der Waals surface area contributed by atoms with E-state index in [1.807, 2.05) is 23.6 Å². The van der Waals surface area contributed by atoms with Gasteiger partial charge in [0.25, 0.3) is 0 Å². The minimum Gasteiger partial charge on any atom is -0.481 e. The number of urea groups is 1. The number of carbonyl (C=O) groups is 3. The summed E-state index contributed by atoms with van der Waals surface area (Å²) in [6.45, 7) is 7.62. The Bertz CT molecular complexity index is 489. The van der Waals surface area contributed by atoms with Crippen LogP contribution in [-0.2, 0) is 9.59 Å². The standard InChI is InChI=1S/C18H31N3O4/c1-14(2)12-20(11-7-16(22)23)17(24)15-6-5-10-21(13-15)18(25)19-8-3-4-9-19/h14-15H,3-13H2,1-2H3,(H,22,23). The van der Waals surface area contributed by atoms with Gasteiger partial charge in [-0.3, -0.25) is 9.59 Å². The van der Waals surface area contributed by atoms with Gasteiger partial charge in [-0.25, -0.2) is 4.79 Å². The number of likely N-dealkylation sites (tertiary alicyclic amines) is 2. The molecule has 2 aliphatic rings. The highest BCUT2D eigenvalue weighted by Crippen LogP contribution is 2.22. The molecule has 0 aromatic carbocycles. The van der Waals surface area contributed by atoms with Crippen LogP contribution >= 0.6 is 0 Å². The molecule has 2 rings (SSSR count). The molecule has 0 radical (unpaired) electrons. The number of hydrogen-bond acceptors (Lipinski definition) is 3. The lowest BCUT2D eigenvalue weighted by Gasteiger charge is -2.37. The maximum absolute atomic E-state index is 12.9. The van der Waals surface area contributed by atoms with Crippen molar-refractivity contribution < 1.29 is 19.5 Å². The second-order valence-corrected chi connectivity index (χ2v) is 7.58. The summed E-state index contributed by atoms with van der Waals surface area (Å²) < 4.78 is 0. The maximum Gasteiger partial charge on any atom is 0.320 e. The van der Waals surface area contributed by atoms with Crippen molar-refractivity contribution in [2.45, 2.75) is 46.0 Å². The molecule has 25 heavy (non-hydrogen) atoms. The van der Waals surface area contributed by atoms with Crippen LogP contribution in [0.2, 0.25) is 0 Å². The highest BCUT2D eigenvalue weighted by Gasteiger charge is 2.33. The van der Waals surface area contributed by atoms with Crippen LogP contribution in [-0.4, -0.2) is 77.0 Å². The molecule has 0 bridgehead atoms. The van der Waals surface area contributed by atoms with E-state index in [1.165, 1.54) is 0 Å². The third-order valence-corrected chi connectivity index (χ3v) is 4.91. The summed E-state index contributed by atoms with van der Waals surface area (Å²) in [5.74, 6) is -0.832. The van der Waals surface area contributed by atoms with Crippen LogP contribution in [0.3, 0.4) is 0 Å². The van der Waals surface area contributed by atoms with Gasteiger partial charge in [0.05, 0.1) is 12.3 Å². The molecule has 2 aliphatic heterocycles. The van der Waals surface area contributed by atoms with E-state index in [1.54, 1.807) is 4.90 Å². The quantitative estimate of drug-likeness (QED) is 0.790. The first kappa shape index (κ1) is 19.5. The van der Waals surface area contributed by atoms with Crippen LogP contribution in [0.25, 0.3) is 0 Å². The molecule has 0 aromatic rings. The number of piperidine rings is 1. The molecule has 1 N–H and O–H groups in total. The summed E-state index contributed by atoms with van der Waals surface area (Å²) >= 11 is 0. The number of carboxylic acid groups (broad SMARTS) is 1. The van der Waals surface area contributed by atoms with Crippen LogP contribution < -0.4 is 0 Å². The normalized spacial score (nSPS) is 20.8. The van der Waals surface area contributed by atoms with Gasteiger partial charge in [0.2, 0.25) is 5.91 Å². The highest BCUT2D eigenvalue weighted by atomic mass is 16.4. The van der Waals surface area contributed by atoms with E-state index in [9.17, 15) is 14.4 Å². The molecule has 1 unspecified atom stereocenters. The fourth-order valence-corrected chi connectivity index (χ4v) is 3.68. The van der Waals surface area contributed by atoms with Gasteiger partial charge in [0.1, 0.15) is 0 Å². The molecule has 7 heteroatoms. The zero-order chi connectivity index (χ0) is 18.4.